The van der Waals surface area contributed by atoms with Crippen LogP contribution >= 0.6 is 0 Å². The van der Waals surface area contributed by atoms with Crippen molar-refractivity contribution in [3.05, 3.63) is 59.7 Å². The molecule has 0 heterocycles. The highest BCUT2D eigenvalue weighted by atomic mass is 16.5. The zero-order valence-electron chi connectivity index (χ0n) is 18.5. The molecular formula is C25H28N2O6. The molecule has 33 heavy (non-hydrogen) atoms. The Morgan fingerprint density at radius 2 is 1.67 bits per heavy atom. The molecule has 0 aliphatic heterocycles. The molecule has 0 bridgehead atoms. The first kappa shape index (κ1) is 22.8. The number of carbonyl (C=O) groups excluding carboxylic acids is 2. The third-order valence-corrected chi connectivity index (χ3v) is 6.37. The number of carboxylic acid groups (broad SMARTS) is 1. The van der Waals surface area contributed by atoms with Gasteiger partial charge >= 0.3 is 12.1 Å². The lowest BCUT2D eigenvalue weighted by molar-refractivity contribution is -0.139. The van der Waals surface area contributed by atoms with Gasteiger partial charge < -0.3 is 25.2 Å². The molecule has 2 aliphatic carbocycles. The van der Waals surface area contributed by atoms with Gasteiger partial charge in [-0.25, -0.2) is 4.79 Å². The third kappa shape index (κ3) is 5.17. The highest BCUT2D eigenvalue weighted by Gasteiger charge is 2.43. The van der Waals surface area contributed by atoms with Crippen molar-refractivity contribution in [2.24, 2.45) is 11.8 Å². The minimum atomic E-state index is -0.829. The van der Waals surface area contributed by atoms with Crippen molar-refractivity contribution in [2.75, 3.05) is 26.8 Å². The lowest BCUT2D eigenvalue weighted by Gasteiger charge is -2.17. The topological polar surface area (TPSA) is 114 Å². The Morgan fingerprint density at radius 1 is 1.03 bits per heavy atom. The van der Waals surface area contributed by atoms with E-state index >= 15 is 0 Å². The monoisotopic (exact) mass is 452 g/mol. The number of carbonyl (C=O) groups is 3. The van der Waals surface area contributed by atoms with E-state index in [4.69, 9.17) is 14.6 Å². The second kappa shape index (κ2) is 10.0. The Bertz CT molecular complexity index is 994. The van der Waals surface area contributed by atoms with Gasteiger partial charge in [-0.15, -0.1) is 0 Å². The number of methoxy groups -OCH3 is 1. The summed E-state index contributed by atoms with van der Waals surface area (Å²) in [5, 5.41) is 14.3. The number of hydrogen-bond donors (Lipinski definition) is 3. The predicted octanol–water partition coefficient (Wildman–Crippen LogP) is 2.77. The third-order valence-electron chi connectivity index (χ3n) is 6.37. The van der Waals surface area contributed by atoms with Crippen molar-refractivity contribution in [2.45, 2.75) is 24.9 Å². The summed E-state index contributed by atoms with van der Waals surface area (Å²) in [6.07, 6.45) is -0.425. The lowest BCUT2D eigenvalue weighted by atomic mass is 9.98. The number of alkyl carbamates (subject to hydrolysis) is 1. The van der Waals surface area contributed by atoms with Crippen LogP contribution < -0.4 is 10.6 Å². The van der Waals surface area contributed by atoms with E-state index in [9.17, 15) is 14.4 Å². The molecule has 4 rings (SSSR count). The molecule has 0 spiro atoms. The largest absolute Gasteiger partial charge is 0.481 e. The summed E-state index contributed by atoms with van der Waals surface area (Å²) in [7, 11) is 1.43. The minimum absolute atomic E-state index is 0.0160. The van der Waals surface area contributed by atoms with Crippen LogP contribution in [0.2, 0.25) is 0 Å². The smallest absolute Gasteiger partial charge is 0.407 e. The summed E-state index contributed by atoms with van der Waals surface area (Å²) >= 11 is 0. The highest BCUT2D eigenvalue weighted by molar-refractivity contribution is 5.81. The van der Waals surface area contributed by atoms with Crippen LogP contribution in [0.25, 0.3) is 11.1 Å². The number of carboxylic acids is 1. The Hall–Kier alpha value is -3.39. The predicted molar refractivity (Wildman–Crippen MR) is 121 cm³/mol. The summed E-state index contributed by atoms with van der Waals surface area (Å²) in [4.78, 5) is 35.4. The van der Waals surface area contributed by atoms with E-state index in [1.165, 1.54) is 7.11 Å². The quantitative estimate of drug-likeness (QED) is 0.511. The van der Waals surface area contributed by atoms with Gasteiger partial charge in [0.2, 0.25) is 5.91 Å². The molecule has 3 unspecified atom stereocenters. The number of aliphatic carboxylic acids is 1. The fourth-order valence-corrected chi connectivity index (χ4v) is 4.43. The van der Waals surface area contributed by atoms with Crippen LogP contribution in [-0.2, 0) is 19.1 Å². The molecule has 3 atom stereocenters. The molecule has 2 aliphatic rings. The van der Waals surface area contributed by atoms with Crippen LogP contribution in [0.5, 0.6) is 0 Å². The maximum atomic E-state index is 12.3. The van der Waals surface area contributed by atoms with Crippen LogP contribution in [-0.4, -0.2) is 56.0 Å². The fourth-order valence-electron chi connectivity index (χ4n) is 4.43. The van der Waals surface area contributed by atoms with Gasteiger partial charge in [-0.05, 0) is 34.6 Å². The fraction of sp³-hybridized carbons (Fsp3) is 0.400. The first-order valence-corrected chi connectivity index (χ1v) is 11.1. The zero-order chi connectivity index (χ0) is 23.4. The zero-order valence-corrected chi connectivity index (χ0v) is 18.5. The normalized spacial score (nSPS) is 19.2. The molecule has 8 nitrogen and oxygen atoms in total. The van der Waals surface area contributed by atoms with E-state index < -0.39 is 18.2 Å². The van der Waals surface area contributed by atoms with Crippen molar-refractivity contribution >= 4 is 18.0 Å². The second-order valence-electron chi connectivity index (χ2n) is 8.45. The van der Waals surface area contributed by atoms with Crippen molar-refractivity contribution in [3.63, 3.8) is 0 Å². The number of nitrogens with one attached hydrogen (secondary N) is 2. The summed E-state index contributed by atoms with van der Waals surface area (Å²) in [5.41, 5.74) is 4.61. The second-order valence-corrected chi connectivity index (χ2v) is 8.45. The number of rotatable bonds is 10. The molecule has 2 amide bonds. The van der Waals surface area contributed by atoms with E-state index in [0.29, 0.717) is 13.0 Å². The van der Waals surface area contributed by atoms with Gasteiger partial charge in [0.05, 0.1) is 5.92 Å². The molecule has 0 aromatic heterocycles. The number of fused-ring (bicyclic) bond motifs is 3. The van der Waals surface area contributed by atoms with Gasteiger partial charge in [-0.1, -0.05) is 48.5 Å². The summed E-state index contributed by atoms with van der Waals surface area (Å²) < 4.78 is 10.7. The van der Waals surface area contributed by atoms with Crippen LogP contribution in [0.1, 0.15) is 29.9 Å². The van der Waals surface area contributed by atoms with E-state index in [-0.39, 0.29) is 43.2 Å². The summed E-state index contributed by atoms with van der Waals surface area (Å²) in [6.45, 7) is 0.749. The van der Waals surface area contributed by atoms with Crippen LogP contribution in [0.4, 0.5) is 4.79 Å². The highest BCUT2D eigenvalue weighted by Crippen LogP contribution is 2.44. The number of hydrogen-bond acceptors (Lipinski definition) is 5. The first-order valence-electron chi connectivity index (χ1n) is 11.1. The van der Waals surface area contributed by atoms with E-state index in [2.05, 4.69) is 34.9 Å². The Labute approximate surface area is 192 Å². The average Bonchev–Trinajstić information content (AvgIpc) is 3.54. The molecule has 0 saturated heterocycles. The molecule has 1 fully saturated rings. The molecular weight excluding hydrogens is 424 g/mol. The van der Waals surface area contributed by atoms with Gasteiger partial charge in [0.15, 0.2) is 0 Å². The number of benzene rings is 2. The van der Waals surface area contributed by atoms with Crippen molar-refractivity contribution < 1.29 is 29.0 Å². The van der Waals surface area contributed by atoms with Crippen molar-refractivity contribution in [1.82, 2.24) is 10.6 Å². The van der Waals surface area contributed by atoms with Crippen LogP contribution in [0.15, 0.2) is 48.5 Å². The van der Waals surface area contributed by atoms with Gasteiger partial charge in [0.1, 0.15) is 12.7 Å². The maximum Gasteiger partial charge on any atom is 0.407 e. The SMILES string of the molecule is COC(CCNC(=O)OCC1c2ccccc2-c2ccccc21)C(=O)NCC1CC1C(=O)O. The standard InChI is InChI=1S/C25H28N2O6/c1-32-22(23(28)27-13-15-12-20(15)24(29)30)10-11-26-25(31)33-14-21-18-8-4-2-6-16(18)17-7-3-5-9-19(17)21/h2-9,15,20-22H,10-14H2,1H3,(H,26,31)(H,27,28)(H,29,30). The molecule has 174 valence electrons. The lowest BCUT2D eigenvalue weighted by Crippen LogP contribution is -2.39. The van der Waals surface area contributed by atoms with E-state index in [1.807, 2.05) is 24.3 Å². The first-order chi connectivity index (χ1) is 16.0. The number of ether oxygens (including phenoxy) is 2. The molecule has 2 aromatic rings. The number of amides is 2. The molecule has 2 aromatic carbocycles. The Balaban J connectivity index is 1.21. The molecule has 1 saturated carbocycles. The van der Waals surface area contributed by atoms with Gasteiger partial charge in [0, 0.05) is 32.5 Å². The van der Waals surface area contributed by atoms with Gasteiger partial charge in [-0.3, -0.25) is 9.59 Å². The van der Waals surface area contributed by atoms with Crippen molar-refractivity contribution in [3.8, 4) is 11.1 Å². The van der Waals surface area contributed by atoms with Gasteiger partial charge in [0.25, 0.3) is 0 Å². The Morgan fingerprint density at radius 3 is 2.24 bits per heavy atom. The molecule has 8 heteroatoms. The van der Waals surface area contributed by atoms with Gasteiger partial charge in [-0.2, -0.15) is 0 Å². The van der Waals surface area contributed by atoms with Crippen molar-refractivity contribution in [1.29, 1.82) is 0 Å². The minimum Gasteiger partial charge on any atom is -0.481 e. The van der Waals surface area contributed by atoms with Crippen LogP contribution in [0, 0.1) is 11.8 Å². The molecule has 3 N–H and O–H groups in total. The average molecular weight is 453 g/mol. The van der Waals surface area contributed by atoms with Crippen LogP contribution in [0.3, 0.4) is 0 Å². The maximum absolute atomic E-state index is 12.3. The summed E-state index contributed by atoms with van der Waals surface area (Å²) in [6, 6.07) is 16.3. The van der Waals surface area contributed by atoms with E-state index in [0.717, 1.165) is 22.3 Å². The summed E-state index contributed by atoms with van der Waals surface area (Å²) in [5.74, 6) is -1.56. The molecule has 0 radical (unpaired) electrons. The van der Waals surface area contributed by atoms with E-state index in [1.54, 1.807) is 0 Å². The Kier molecular flexibility index (Phi) is 6.93.